The Morgan fingerprint density at radius 3 is 2.03 bits per heavy atom. The fourth-order valence-corrected chi connectivity index (χ4v) is 3.11. The molecule has 0 spiro atoms. The smallest absolute Gasteiger partial charge is 0.268 e. The van der Waals surface area contributed by atoms with Crippen LogP contribution in [0.4, 0.5) is 5.69 Å². The molecule has 1 heterocycles. The van der Waals surface area contributed by atoms with Gasteiger partial charge in [-0.25, -0.2) is 4.99 Å². The van der Waals surface area contributed by atoms with E-state index in [0.29, 0.717) is 28.2 Å². The first-order chi connectivity index (χ1) is 14.7. The third kappa shape index (κ3) is 3.73. The highest BCUT2D eigenvalue weighted by molar-refractivity contribution is 6.21. The van der Waals surface area contributed by atoms with Crippen molar-refractivity contribution in [3.05, 3.63) is 107 Å². The van der Waals surface area contributed by atoms with Gasteiger partial charge >= 0.3 is 0 Å². The number of rotatable bonds is 3. The van der Waals surface area contributed by atoms with Crippen LogP contribution in [0, 0.1) is 11.3 Å². The zero-order valence-corrected chi connectivity index (χ0v) is 15.8. The van der Waals surface area contributed by atoms with Crippen LogP contribution >= 0.6 is 0 Å². The van der Waals surface area contributed by atoms with E-state index < -0.39 is 5.91 Å². The average Bonchev–Trinajstić information content (AvgIpc) is 3.14. The molecule has 0 saturated heterocycles. The topological polar surface area (TPSA) is 94.3 Å². The standard InChI is InChI=1S/C24H16N4O2/c25-15-20(24(30)26-17-11-5-2-6-12-17)21-18-13-7-8-14-19(18)22(27-21)28-23(29)16-9-3-1-4-10-16/h1-14H,(H,26,30)(H,27,28,29)/b21-20-. The van der Waals surface area contributed by atoms with Crippen molar-refractivity contribution in [3.63, 3.8) is 0 Å². The Labute approximate surface area is 173 Å². The lowest BCUT2D eigenvalue weighted by atomic mass is 10.0. The minimum atomic E-state index is -0.562. The Hall–Kier alpha value is -4.50. The van der Waals surface area contributed by atoms with Crippen molar-refractivity contribution in [1.29, 1.82) is 5.26 Å². The number of nitrogens with one attached hydrogen (secondary N) is 2. The van der Waals surface area contributed by atoms with Crippen molar-refractivity contribution < 1.29 is 9.59 Å². The maximum Gasteiger partial charge on any atom is 0.268 e. The molecule has 3 aromatic rings. The molecule has 0 unspecified atom stereocenters. The summed E-state index contributed by atoms with van der Waals surface area (Å²) in [6, 6.07) is 26.7. The zero-order chi connectivity index (χ0) is 20.9. The molecular weight excluding hydrogens is 376 g/mol. The van der Waals surface area contributed by atoms with Gasteiger partial charge in [-0.15, -0.1) is 0 Å². The second kappa shape index (κ2) is 8.25. The second-order valence-electron chi connectivity index (χ2n) is 6.48. The van der Waals surface area contributed by atoms with Gasteiger partial charge in [0.05, 0.1) is 5.70 Å². The van der Waals surface area contributed by atoms with E-state index in [2.05, 4.69) is 15.6 Å². The summed E-state index contributed by atoms with van der Waals surface area (Å²) < 4.78 is 0. The van der Waals surface area contributed by atoms with Gasteiger partial charge in [0.2, 0.25) is 0 Å². The van der Waals surface area contributed by atoms with Crippen LogP contribution in [0.25, 0.3) is 5.70 Å². The van der Waals surface area contributed by atoms with E-state index in [1.165, 1.54) is 0 Å². The van der Waals surface area contributed by atoms with Crippen molar-refractivity contribution in [3.8, 4) is 6.07 Å². The highest BCUT2D eigenvalue weighted by atomic mass is 16.2. The number of nitriles is 1. The first-order valence-electron chi connectivity index (χ1n) is 9.23. The normalized spacial score (nSPS) is 13.5. The quantitative estimate of drug-likeness (QED) is 0.525. The van der Waals surface area contributed by atoms with Crippen LogP contribution in [-0.4, -0.2) is 17.6 Å². The number of para-hydroxylation sites is 1. The van der Waals surface area contributed by atoms with Crippen molar-refractivity contribution in [2.45, 2.75) is 0 Å². The third-order valence-corrected chi connectivity index (χ3v) is 4.54. The van der Waals surface area contributed by atoms with Gasteiger partial charge in [0, 0.05) is 22.4 Å². The summed E-state index contributed by atoms with van der Waals surface area (Å²) in [5.74, 6) is -0.583. The lowest BCUT2D eigenvalue weighted by Gasteiger charge is -2.06. The fraction of sp³-hybridized carbons (Fsp3) is 0. The number of hydrogen-bond donors (Lipinski definition) is 2. The van der Waals surface area contributed by atoms with Crippen molar-refractivity contribution in [2.24, 2.45) is 4.99 Å². The Balaban J connectivity index is 1.70. The van der Waals surface area contributed by atoms with E-state index in [0.717, 1.165) is 0 Å². The Morgan fingerprint density at radius 1 is 0.767 bits per heavy atom. The molecule has 0 radical (unpaired) electrons. The molecule has 1 aliphatic rings. The van der Waals surface area contributed by atoms with Gasteiger partial charge < -0.3 is 10.6 Å². The summed E-state index contributed by atoms with van der Waals surface area (Å²) >= 11 is 0. The number of amidine groups is 1. The van der Waals surface area contributed by atoms with Gasteiger partial charge in [0.15, 0.2) is 0 Å². The molecule has 0 fully saturated rings. The summed E-state index contributed by atoms with van der Waals surface area (Å²) in [4.78, 5) is 29.8. The number of anilines is 1. The summed E-state index contributed by atoms with van der Waals surface area (Å²) in [7, 11) is 0. The van der Waals surface area contributed by atoms with Gasteiger partial charge in [0.1, 0.15) is 17.5 Å². The minimum absolute atomic E-state index is 0.129. The molecule has 0 aromatic heterocycles. The predicted molar refractivity (Wildman–Crippen MR) is 114 cm³/mol. The maximum absolute atomic E-state index is 12.7. The minimum Gasteiger partial charge on any atom is -0.321 e. The molecular formula is C24H16N4O2. The molecule has 2 N–H and O–H groups in total. The van der Waals surface area contributed by atoms with E-state index in [-0.39, 0.29) is 17.2 Å². The lowest BCUT2D eigenvalue weighted by molar-refractivity contribution is -0.112. The van der Waals surface area contributed by atoms with Gasteiger partial charge in [-0.3, -0.25) is 9.59 Å². The van der Waals surface area contributed by atoms with E-state index in [9.17, 15) is 14.9 Å². The number of carbonyl (C=O) groups is 2. The Morgan fingerprint density at radius 2 is 1.37 bits per heavy atom. The first kappa shape index (κ1) is 18.8. The van der Waals surface area contributed by atoms with E-state index in [4.69, 9.17) is 0 Å². The second-order valence-corrected chi connectivity index (χ2v) is 6.48. The molecule has 30 heavy (non-hydrogen) atoms. The van der Waals surface area contributed by atoms with Crippen molar-refractivity contribution in [2.75, 3.05) is 5.32 Å². The lowest BCUT2D eigenvalue weighted by Crippen LogP contribution is -2.30. The highest BCUT2D eigenvalue weighted by Gasteiger charge is 2.27. The van der Waals surface area contributed by atoms with Gasteiger partial charge in [-0.2, -0.15) is 5.26 Å². The van der Waals surface area contributed by atoms with Crippen LogP contribution in [-0.2, 0) is 4.79 Å². The third-order valence-electron chi connectivity index (χ3n) is 4.54. The largest absolute Gasteiger partial charge is 0.321 e. The highest BCUT2D eigenvalue weighted by Crippen LogP contribution is 2.31. The summed E-state index contributed by atoms with van der Waals surface area (Å²) in [6.07, 6.45) is 0. The zero-order valence-electron chi connectivity index (χ0n) is 15.8. The van der Waals surface area contributed by atoms with E-state index >= 15 is 0 Å². The van der Waals surface area contributed by atoms with Crippen molar-refractivity contribution >= 4 is 29.0 Å². The monoisotopic (exact) mass is 392 g/mol. The van der Waals surface area contributed by atoms with Crippen LogP contribution < -0.4 is 10.6 Å². The number of fused-ring (bicyclic) bond motifs is 1. The number of carbonyl (C=O) groups excluding carboxylic acids is 2. The number of nitrogens with zero attached hydrogens (tertiary/aromatic N) is 2. The van der Waals surface area contributed by atoms with E-state index in [1.54, 1.807) is 66.7 Å². The fourth-order valence-electron chi connectivity index (χ4n) is 3.11. The van der Waals surface area contributed by atoms with E-state index in [1.807, 2.05) is 24.3 Å². The average molecular weight is 392 g/mol. The number of benzene rings is 3. The molecule has 1 aliphatic heterocycles. The summed E-state index contributed by atoms with van der Waals surface area (Å²) in [6.45, 7) is 0. The Kier molecular flexibility index (Phi) is 5.18. The summed E-state index contributed by atoms with van der Waals surface area (Å²) in [5.41, 5.74) is 2.42. The molecule has 6 heteroatoms. The predicted octanol–water partition coefficient (Wildman–Crippen LogP) is 3.75. The first-order valence-corrected chi connectivity index (χ1v) is 9.23. The summed E-state index contributed by atoms with van der Waals surface area (Å²) in [5, 5.41) is 15.2. The van der Waals surface area contributed by atoms with Crippen LogP contribution in [0.2, 0.25) is 0 Å². The van der Waals surface area contributed by atoms with Crippen LogP contribution in [0.1, 0.15) is 21.5 Å². The number of aliphatic imine (C=N–C) groups is 1. The van der Waals surface area contributed by atoms with Crippen LogP contribution in [0.3, 0.4) is 0 Å². The maximum atomic E-state index is 12.7. The van der Waals surface area contributed by atoms with Crippen molar-refractivity contribution in [1.82, 2.24) is 5.32 Å². The molecule has 0 bridgehead atoms. The van der Waals surface area contributed by atoms with Crippen LogP contribution in [0.15, 0.2) is 95.5 Å². The molecule has 0 saturated carbocycles. The molecule has 2 amide bonds. The molecule has 6 nitrogen and oxygen atoms in total. The molecule has 3 aromatic carbocycles. The molecule has 0 atom stereocenters. The van der Waals surface area contributed by atoms with Gasteiger partial charge in [-0.05, 0) is 24.3 Å². The molecule has 0 aliphatic carbocycles. The van der Waals surface area contributed by atoms with Crippen LogP contribution in [0.5, 0.6) is 0 Å². The van der Waals surface area contributed by atoms with Gasteiger partial charge in [-0.1, -0.05) is 60.7 Å². The number of amides is 2. The number of hydrogen-bond acceptors (Lipinski definition) is 4. The molecule has 144 valence electrons. The molecule has 4 rings (SSSR count). The van der Waals surface area contributed by atoms with Gasteiger partial charge in [0.25, 0.3) is 11.8 Å². The Bertz CT molecular complexity index is 1220. The SMILES string of the molecule is N#C/C(C(=O)Nc1ccccc1)=C1/N=C(NC(=O)c2ccccc2)c2ccccc21.